The average Bonchev–Trinajstić information content (AvgIpc) is 2.99. The lowest BCUT2D eigenvalue weighted by molar-refractivity contribution is -0.140. The fourth-order valence-corrected chi connectivity index (χ4v) is 3.57. The third kappa shape index (κ3) is 4.02. The molecule has 0 aliphatic carbocycles. The number of carbonyl (C=O) groups is 2. The van der Waals surface area contributed by atoms with Crippen LogP contribution in [0.2, 0.25) is 0 Å². The van der Waals surface area contributed by atoms with E-state index in [0.717, 1.165) is 5.56 Å². The minimum atomic E-state index is -0.808. The van der Waals surface area contributed by atoms with Crippen molar-refractivity contribution in [1.82, 2.24) is 4.90 Å². The standard InChI is InChI=1S/C23H25NO6/c1-14-5-7-15(8-6-14)21(26)19-20(16-9-10-17(25)18(13-16)30-3)24(11-4-12-29-2)23(28)22(19)27/h5-10,13,20,25-26H,4,11-12H2,1-3H3/b21-19+/t20-/m0/s1. The lowest BCUT2D eigenvalue weighted by Gasteiger charge is -2.25. The van der Waals surface area contributed by atoms with E-state index in [0.29, 0.717) is 24.2 Å². The van der Waals surface area contributed by atoms with Gasteiger partial charge in [0.15, 0.2) is 11.5 Å². The molecule has 1 fully saturated rings. The number of ether oxygens (including phenoxy) is 2. The van der Waals surface area contributed by atoms with Gasteiger partial charge in [0.25, 0.3) is 11.7 Å². The van der Waals surface area contributed by atoms with E-state index in [1.54, 1.807) is 31.4 Å². The first-order valence-corrected chi connectivity index (χ1v) is 9.60. The van der Waals surface area contributed by atoms with Crippen LogP contribution < -0.4 is 4.74 Å². The van der Waals surface area contributed by atoms with Crippen LogP contribution in [0.4, 0.5) is 0 Å². The topological polar surface area (TPSA) is 96.3 Å². The number of hydrogen-bond acceptors (Lipinski definition) is 6. The number of likely N-dealkylation sites (tertiary alicyclic amines) is 1. The Morgan fingerprint density at radius 1 is 1.10 bits per heavy atom. The summed E-state index contributed by atoms with van der Waals surface area (Å²) in [5, 5.41) is 20.9. The first kappa shape index (κ1) is 21.4. The van der Waals surface area contributed by atoms with Crippen molar-refractivity contribution in [3.63, 3.8) is 0 Å². The van der Waals surface area contributed by atoms with Crippen molar-refractivity contribution in [3.8, 4) is 11.5 Å². The van der Waals surface area contributed by atoms with Crippen molar-refractivity contribution in [3.05, 3.63) is 64.7 Å². The third-order valence-corrected chi connectivity index (χ3v) is 5.13. The van der Waals surface area contributed by atoms with Gasteiger partial charge < -0.3 is 24.6 Å². The Hall–Kier alpha value is -3.32. The van der Waals surface area contributed by atoms with E-state index in [4.69, 9.17) is 9.47 Å². The summed E-state index contributed by atoms with van der Waals surface area (Å²) in [7, 11) is 2.98. The maximum absolute atomic E-state index is 12.9. The predicted molar refractivity (Wildman–Crippen MR) is 111 cm³/mol. The number of benzene rings is 2. The van der Waals surface area contributed by atoms with Crippen LogP contribution in [-0.2, 0) is 14.3 Å². The number of Topliss-reactive ketones (excluding diaryl/α,β-unsaturated/α-hetero) is 1. The number of ketones is 1. The van der Waals surface area contributed by atoms with Crippen molar-refractivity contribution in [2.24, 2.45) is 0 Å². The third-order valence-electron chi connectivity index (χ3n) is 5.13. The maximum atomic E-state index is 12.9. The summed E-state index contributed by atoms with van der Waals surface area (Å²) in [5.41, 5.74) is 2.02. The molecule has 1 atom stereocenters. The van der Waals surface area contributed by atoms with Gasteiger partial charge in [-0.05, 0) is 31.0 Å². The van der Waals surface area contributed by atoms with Gasteiger partial charge in [-0.25, -0.2) is 0 Å². The molecule has 2 aromatic carbocycles. The molecule has 1 amide bonds. The molecule has 0 aromatic heterocycles. The Morgan fingerprint density at radius 3 is 2.43 bits per heavy atom. The molecule has 30 heavy (non-hydrogen) atoms. The maximum Gasteiger partial charge on any atom is 0.295 e. The molecular formula is C23H25NO6. The van der Waals surface area contributed by atoms with Gasteiger partial charge >= 0.3 is 0 Å². The lowest BCUT2D eigenvalue weighted by atomic mass is 9.94. The number of phenolic OH excluding ortho intramolecular Hbond substituents is 1. The molecule has 2 N–H and O–H groups in total. The molecule has 7 heteroatoms. The van der Waals surface area contributed by atoms with Crippen molar-refractivity contribution >= 4 is 17.4 Å². The molecule has 1 aliphatic heterocycles. The highest BCUT2D eigenvalue weighted by Gasteiger charge is 2.46. The van der Waals surface area contributed by atoms with Gasteiger partial charge in [-0.3, -0.25) is 9.59 Å². The molecule has 1 saturated heterocycles. The number of aliphatic hydroxyl groups excluding tert-OH is 1. The van der Waals surface area contributed by atoms with Gasteiger partial charge in [0.2, 0.25) is 0 Å². The average molecular weight is 411 g/mol. The minimum Gasteiger partial charge on any atom is -0.507 e. The number of hydrogen-bond donors (Lipinski definition) is 2. The number of amides is 1. The van der Waals surface area contributed by atoms with E-state index < -0.39 is 17.7 Å². The quantitative estimate of drug-likeness (QED) is 0.314. The molecule has 2 aromatic rings. The van der Waals surface area contributed by atoms with E-state index >= 15 is 0 Å². The predicted octanol–water partition coefficient (Wildman–Crippen LogP) is 3.17. The van der Waals surface area contributed by atoms with E-state index in [1.807, 2.05) is 19.1 Å². The van der Waals surface area contributed by atoms with Gasteiger partial charge in [-0.2, -0.15) is 0 Å². The number of carbonyl (C=O) groups excluding carboxylic acids is 2. The molecule has 0 saturated carbocycles. The second kappa shape index (κ2) is 9.00. The Kier molecular flexibility index (Phi) is 6.42. The van der Waals surface area contributed by atoms with Gasteiger partial charge in [-0.15, -0.1) is 0 Å². The molecule has 0 unspecified atom stereocenters. The molecule has 0 radical (unpaired) electrons. The molecule has 0 spiro atoms. The largest absolute Gasteiger partial charge is 0.507 e. The number of aryl methyl sites for hydroxylation is 1. The highest BCUT2D eigenvalue weighted by atomic mass is 16.5. The molecule has 0 bridgehead atoms. The van der Waals surface area contributed by atoms with Crippen LogP contribution in [-0.4, -0.2) is 54.2 Å². The monoisotopic (exact) mass is 411 g/mol. The normalized spacial score (nSPS) is 18.1. The van der Waals surface area contributed by atoms with Crippen molar-refractivity contribution < 1.29 is 29.3 Å². The Bertz CT molecular complexity index is 980. The van der Waals surface area contributed by atoms with Crippen molar-refractivity contribution in [1.29, 1.82) is 0 Å². The summed E-state index contributed by atoms with van der Waals surface area (Å²) < 4.78 is 10.3. The minimum absolute atomic E-state index is 0.00835. The van der Waals surface area contributed by atoms with Crippen LogP contribution in [0.25, 0.3) is 5.76 Å². The van der Waals surface area contributed by atoms with Gasteiger partial charge in [-0.1, -0.05) is 35.9 Å². The van der Waals surface area contributed by atoms with Gasteiger partial charge in [0, 0.05) is 25.8 Å². The summed E-state index contributed by atoms with van der Waals surface area (Å²) in [5.74, 6) is -1.51. The van der Waals surface area contributed by atoms with Crippen LogP contribution >= 0.6 is 0 Å². The molecule has 158 valence electrons. The van der Waals surface area contributed by atoms with Crippen LogP contribution in [0.3, 0.4) is 0 Å². The fourth-order valence-electron chi connectivity index (χ4n) is 3.57. The summed E-state index contributed by atoms with van der Waals surface area (Å²) in [6.45, 7) is 2.62. The van der Waals surface area contributed by atoms with Gasteiger partial charge in [0.05, 0.1) is 18.7 Å². The van der Waals surface area contributed by atoms with E-state index in [-0.39, 0.29) is 29.4 Å². The fraction of sp³-hybridized carbons (Fsp3) is 0.304. The van der Waals surface area contributed by atoms with Crippen molar-refractivity contribution in [2.45, 2.75) is 19.4 Å². The lowest BCUT2D eigenvalue weighted by Crippen LogP contribution is -2.31. The van der Waals surface area contributed by atoms with Crippen LogP contribution in [0.15, 0.2) is 48.0 Å². The number of methoxy groups -OCH3 is 2. The first-order chi connectivity index (χ1) is 14.4. The number of aromatic hydroxyl groups is 1. The summed E-state index contributed by atoms with van der Waals surface area (Å²) in [6, 6.07) is 10.9. The zero-order valence-electron chi connectivity index (χ0n) is 17.2. The second-order valence-corrected chi connectivity index (χ2v) is 7.14. The SMILES string of the molecule is COCCCN1C(=O)C(=O)/C(=C(/O)c2ccc(C)cc2)[C@@H]1c1ccc(O)c(OC)c1. The van der Waals surface area contributed by atoms with Crippen LogP contribution in [0.1, 0.15) is 29.2 Å². The molecule has 1 heterocycles. The Balaban J connectivity index is 2.15. The highest BCUT2D eigenvalue weighted by molar-refractivity contribution is 6.46. The smallest absolute Gasteiger partial charge is 0.295 e. The molecular weight excluding hydrogens is 386 g/mol. The number of phenols is 1. The van der Waals surface area contributed by atoms with Crippen LogP contribution in [0.5, 0.6) is 11.5 Å². The molecule has 7 nitrogen and oxygen atoms in total. The van der Waals surface area contributed by atoms with E-state index in [9.17, 15) is 19.8 Å². The Labute approximate surface area is 175 Å². The zero-order valence-corrected chi connectivity index (χ0v) is 17.2. The number of rotatable bonds is 7. The van der Waals surface area contributed by atoms with Gasteiger partial charge in [0.1, 0.15) is 5.76 Å². The molecule has 3 rings (SSSR count). The summed E-state index contributed by atoms with van der Waals surface area (Å²) in [4.78, 5) is 27.2. The van der Waals surface area contributed by atoms with Crippen molar-refractivity contribution in [2.75, 3.05) is 27.4 Å². The number of aliphatic hydroxyl groups is 1. The first-order valence-electron chi connectivity index (χ1n) is 9.60. The molecule has 1 aliphatic rings. The number of nitrogens with zero attached hydrogens (tertiary/aromatic N) is 1. The summed E-state index contributed by atoms with van der Waals surface area (Å²) >= 11 is 0. The zero-order chi connectivity index (χ0) is 21.8. The highest BCUT2D eigenvalue weighted by Crippen LogP contribution is 2.41. The van der Waals surface area contributed by atoms with E-state index in [1.165, 1.54) is 18.1 Å². The Morgan fingerprint density at radius 2 is 1.80 bits per heavy atom. The second-order valence-electron chi connectivity index (χ2n) is 7.14. The van der Waals surface area contributed by atoms with E-state index in [2.05, 4.69) is 0 Å². The summed E-state index contributed by atoms with van der Waals surface area (Å²) in [6.07, 6.45) is 0.528. The van der Waals surface area contributed by atoms with Crippen LogP contribution in [0, 0.1) is 6.92 Å².